The van der Waals surface area contributed by atoms with Crippen LogP contribution in [0.25, 0.3) is 0 Å². The molecule has 0 amide bonds. The molecule has 2 nitrogen and oxygen atoms in total. The van der Waals surface area contributed by atoms with Crippen molar-refractivity contribution in [3.05, 3.63) is 12.2 Å². The molecule has 0 aromatic heterocycles. The molecule has 0 radical (unpaired) electrons. The standard InChI is InChI=1S/C22H36O2S5/c1-3-5-15-23-21(25)28-17-11-9-7-8-10-12-18(20-14-13-19(17)27-20)29-22(26)24-16-6-4-2/h7-8,17-20H,3-6,9-16H2,1-2H3. The average molecular weight is 493 g/mol. The molecule has 2 heterocycles. The minimum atomic E-state index is 0.542. The third-order valence-corrected chi connectivity index (χ3v) is 10.6. The first kappa shape index (κ1) is 25.8. The Morgan fingerprint density at radius 3 is 1.69 bits per heavy atom. The van der Waals surface area contributed by atoms with E-state index in [-0.39, 0.29) is 0 Å². The number of rotatable bonds is 8. The van der Waals surface area contributed by atoms with Gasteiger partial charge in [-0.3, -0.25) is 0 Å². The second-order valence-electron chi connectivity index (χ2n) is 7.63. The van der Waals surface area contributed by atoms with Gasteiger partial charge in [-0.2, -0.15) is 11.8 Å². The van der Waals surface area contributed by atoms with Gasteiger partial charge in [0.2, 0.25) is 8.77 Å². The summed E-state index contributed by atoms with van der Waals surface area (Å²) in [4.78, 5) is 0. The fraction of sp³-hybridized carbons (Fsp3) is 0.818. The van der Waals surface area contributed by atoms with Crippen molar-refractivity contribution in [1.82, 2.24) is 0 Å². The van der Waals surface area contributed by atoms with Crippen LogP contribution in [0.2, 0.25) is 0 Å². The highest BCUT2D eigenvalue weighted by Crippen LogP contribution is 2.46. The lowest BCUT2D eigenvalue weighted by Crippen LogP contribution is -2.22. The fourth-order valence-corrected chi connectivity index (χ4v) is 8.67. The summed E-state index contributed by atoms with van der Waals surface area (Å²) in [5.74, 6) is 0. The Morgan fingerprint density at radius 2 is 1.28 bits per heavy atom. The van der Waals surface area contributed by atoms with E-state index in [4.69, 9.17) is 33.9 Å². The molecule has 0 aromatic rings. The third kappa shape index (κ3) is 10.2. The van der Waals surface area contributed by atoms with Gasteiger partial charge in [0.05, 0.1) is 13.2 Å². The van der Waals surface area contributed by atoms with Crippen molar-refractivity contribution in [1.29, 1.82) is 0 Å². The number of thioether (sulfide) groups is 3. The number of fused-ring (bicyclic) bond motifs is 2. The van der Waals surface area contributed by atoms with E-state index in [1.807, 2.05) is 0 Å². The number of allylic oxidation sites excluding steroid dienone is 2. The summed E-state index contributed by atoms with van der Waals surface area (Å²) in [7, 11) is 0. The summed E-state index contributed by atoms with van der Waals surface area (Å²) < 4.78 is 13.1. The highest BCUT2D eigenvalue weighted by molar-refractivity contribution is 8.24. The van der Waals surface area contributed by atoms with Gasteiger partial charge in [-0.1, -0.05) is 62.4 Å². The number of hydrogen-bond acceptors (Lipinski definition) is 7. The van der Waals surface area contributed by atoms with E-state index in [0.717, 1.165) is 60.5 Å². The van der Waals surface area contributed by atoms with Crippen molar-refractivity contribution in [3.8, 4) is 0 Å². The molecule has 2 rings (SSSR count). The molecule has 0 aromatic carbocycles. The van der Waals surface area contributed by atoms with Crippen molar-refractivity contribution >= 4 is 68.5 Å². The molecule has 0 aliphatic carbocycles. The van der Waals surface area contributed by atoms with Crippen LogP contribution < -0.4 is 0 Å². The smallest absolute Gasteiger partial charge is 0.220 e. The summed E-state index contributed by atoms with van der Waals surface area (Å²) in [5, 5.41) is 2.39. The molecular weight excluding hydrogens is 457 g/mol. The molecule has 1 saturated heterocycles. The zero-order valence-corrected chi connectivity index (χ0v) is 21.9. The Labute approximate surface area is 201 Å². The fourth-order valence-electron chi connectivity index (χ4n) is 3.55. The van der Waals surface area contributed by atoms with Crippen LogP contribution in [0.4, 0.5) is 0 Å². The predicted molar refractivity (Wildman–Crippen MR) is 142 cm³/mol. The van der Waals surface area contributed by atoms with Gasteiger partial charge >= 0.3 is 0 Å². The van der Waals surface area contributed by atoms with Crippen LogP contribution in [0.15, 0.2) is 12.2 Å². The highest BCUT2D eigenvalue weighted by Gasteiger charge is 2.37. The van der Waals surface area contributed by atoms with Crippen molar-refractivity contribution in [2.45, 2.75) is 99.1 Å². The minimum absolute atomic E-state index is 0.542. The molecule has 2 aliphatic rings. The van der Waals surface area contributed by atoms with E-state index in [1.165, 1.54) is 25.7 Å². The van der Waals surface area contributed by atoms with E-state index in [2.05, 4.69) is 37.8 Å². The summed E-state index contributed by atoms with van der Waals surface area (Å²) in [6, 6.07) is 0. The topological polar surface area (TPSA) is 18.5 Å². The van der Waals surface area contributed by atoms with Crippen molar-refractivity contribution in [2.75, 3.05) is 13.2 Å². The average Bonchev–Trinajstić information content (AvgIpc) is 3.17. The lowest BCUT2D eigenvalue weighted by Gasteiger charge is -2.25. The number of ether oxygens (including phenoxy) is 2. The summed E-state index contributed by atoms with van der Waals surface area (Å²) in [6.45, 7) is 5.87. The van der Waals surface area contributed by atoms with E-state index in [9.17, 15) is 0 Å². The Balaban J connectivity index is 1.93. The number of thiocarbonyl (C=S) groups is 2. The molecule has 7 heteroatoms. The molecule has 0 spiro atoms. The lowest BCUT2D eigenvalue weighted by atomic mass is 10.0. The van der Waals surface area contributed by atoms with Gasteiger partial charge in [-0.15, -0.1) is 0 Å². The molecule has 0 saturated carbocycles. The maximum absolute atomic E-state index is 5.79. The predicted octanol–water partition coefficient (Wildman–Crippen LogP) is 7.79. The SMILES string of the molecule is CCCCOC(=S)SC1CCC=CCCC(SC(=S)OCCCC)C2CCC1S2. The van der Waals surface area contributed by atoms with Crippen LogP contribution in [0.5, 0.6) is 0 Å². The van der Waals surface area contributed by atoms with Crippen LogP contribution in [0.1, 0.15) is 78.1 Å². The first-order valence-electron chi connectivity index (χ1n) is 11.1. The largest absolute Gasteiger partial charge is 0.479 e. The number of hydrogen-bond donors (Lipinski definition) is 0. The molecule has 2 aliphatic heterocycles. The van der Waals surface area contributed by atoms with Gasteiger partial charge in [0, 0.05) is 21.0 Å². The first-order chi connectivity index (χ1) is 14.1. The number of unbranched alkanes of at least 4 members (excludes halogenated alkanes) is 2. The Kier molecular flexibility index (Phi) is 13.7. The van der Waals surface area contributed by atoms with Gasteiger partial charge in [-0.25, -0.2) is 0 Å². The van der Waals surface area contributed by atoms with Gasteiger partial charge in [0.25, 0.3) is 0 Å². The summed E-state index contributed by atoms with van der Waals surface area (Å²) >= 11 is 16.8. The monoisotopic (exact) mass is 492 g/mol. The zero-order chi connectivity index (χ0) is 20.9. The molecule has 0 N–H and O–H groups in total. The molecule has 4 unspecified atom stereocenters. The molecular formula is C22H36O2S5. The van der Waals surface area contributed by atoms with Gasteiger partial charge in [0.15, 0.2) is 0 Å². The third-order valence-electron chi connectivity index (χ3n) is 5.25. The molecule has 29 heavy (non-hydrogen) atoms. The van der Waals surface area contributed by atoms with E-state index in [0.29, 0.717) is 21.0 Å². The molecule has 4 atom stereocenters. The normalized spacial score (nSPS) is 27.2. The Morgan fingerprint density at radius 1 is 0.828 bits per heavy atom. The van der Waals surface area contributed by atoms with Crippen LogP contribution in [0.3, 0.4) is 0 Å². The van der Waals surface area contributed by atoms with Crippen LogP contribution in [0, 0.1) is 0 Å². The molecule has 166 valence electrons. The quantitative estimate of drug-likeness (QED) is 0.193. The lowest BCUT2D eigenvalue weighted by molar-refractivity contribution is 0.313. The minimum Gasteiger partial charge on any atom is -0.479 e. The van der Waals surface area contributed by atoms with Gasteiger partial charge in [0.1, 0.15) is 0 Å². The Bertz CT molecular complexity index is 481. The van der Waals surface area contributed by atoms with E-state index in [1.54, 1.807) is 23.5 Å². The second-order valence-corrected chi connectivity index (χ2v) is 12.8. The Hall–Kier alpha value is 0.570. The van der Waals surface area contributed by atoms with Gasteiger partial charge in [-0.05, 0) is 75.8 Å². The van der Waals surface area contributed by atoms with E-state index >= 15 is 0 Å². The highest BCUT2D eigenvalue weighted by atomic mass is 32.2. The second kappa shape index (κ2) is 15.4. The first-order valence-corrected chi connectivity index (χ1v) is 14.6. The molecule has 2 bridgehead atoms. The van der Waals surface area contributed by atoms with Crippen LogP contribution in [-0.2, 0) is 9.47 Å². The molecule has 1 fully saturated rings. The summed E-state index contributed by atoms with van der Waals surface area (Å²) in [5.41, 5.74) is 0. The van der Waals surface area contributed by atoms with Gasteiger partial charge < -0.3 is 9.47 Å². The van der Waals surface area contributed by atoms with Crippen molar-refractivity contribution in [3.63, 3.8) is 0 Å². The van der Waals surface area contributed by atoms with Crippen LogP contribution >= 0.6 is 59.7 Å². The van der Waals surface area contributed by atoms with Crippen LogP contribution in [-0.4, -0.2) is 43.0 Å². The summed E-state index contributed by atoms with van der Waals surface area (Å²) in [6.07, 6.45) is 16.3. The van der Waals surface area contributed by atoms with Crippen molar-refractivity contribution in [2.24, 2.45) is 0 Å². The maximum Gasteiger partial charge on any atom is 0.220 e. The van der Waals surface area contributed by atoms with Crippen molar-refractivity contribution < 1.29 is 9.47 Å². The zero-order valence-electron chi connectivity index (χ0n) is 17.8. The maximum atomic E-state index is 5.79. The van der Waals surface area contributed by atoms with E-state index < -0.39 is 0 Å².